The number of hydrogen-bond acceptors (Lipinski definition) is 4. The Morgan fingerprint density at radius 3 is 2.77 bits per heavy atom. The third-order valence-corrected chi connectivity index (χ3v) is 4.14. The Bertz CT molecular complexity index is 500. The fourth-order valence-electron chi connectivity index (χ4n) is 2.58. The molecular formula is C19H38N6O. The van der Waals surface area contributed by atoms with Crippen LogP contribution in [-0.2, 0) is 17.7 Å². The van der Waals surface area contributed by atoms with Gasteiger partial charge in [0.1, 0.15) is 12.2 Å². The smallest absolute Gasteiger partial charge is 0.191 e. The van der Waals surface area contributed by atoms with Crippen molar-refractivity contribution in [3.05, 3.63) is 12.2 Å². The van der Waals surface area contributed by atoms with Crippen molar-refractivity contribution in [3.63, 3.8) is 0 Å². The molecule has 1 unspecified atom stereocenters. The number of nitrogens with one attached hydrogen (secondary N) is 2. The molecule has 1 rings (SSSR count). The van der Waals surface area contributed by atoms with Crippen molar-refractivity contribution in [1.82, 2.24) is 25.4 Å². The van der Waals surface area contributed by atoms with Crippen molar-refractivity contribution in [2.75, 3.05) is 26.3 Å². The van der Waals surface area contributed by atoms with Crippen LogP contribution in [0.4, 0.5) is 0 Å². The summed E-state index contributed by atoms with van der Waals surface area (Å²) in [7, 11) is 0. The van der Waals surface area contributed by atoms with Crippen LogP contribution in [0.5, 0.6) is 0 Å². The van der Waals surface area contributed by atoms with Gasteiger partial charge in [-0.15, -0.1) is 10.2 Å². The highest BCUT2D eigenvalue weighted by Gasteiger charge is 2.07. The standard InChI is InChI=1S/C19H38N6O/c1-6-18-24-22-15-25(18)13-12-21-19(20-11-8-14-26-7-2)23-17(5)10-9-16(3)4/h15-17H,6-14H2,1-5H3,(H2,20,21,23). The maximum absolute atomic E-state index is 5.39. The van der Waals surface area contributed by atoms with Crippen LogP contribution in [0, 0.1) is 5.92 Å². The molecule has 1 heterocycles. The summed E-state index contributed by atoms with van der Waals surface area (Å²) in [5.74, 6) is 2.61. The zero-order valence-electron chi connectivity index (χ0n) is 17.3. The second kappa shape index (κ2) is 13.6. The lowest BCUT2D eigenvalue weighted by molar-refractivity contribution is 0.146. The first kappa shape index (κ1) is 22.4. The molecule has 0 aliphatic heterocycles. The highest BCUT2D eigenvalue weighted by atomic mass is 16.5. The fourth-order valence-corrected chi connectivity index (χ4v) is 2.58. The number of nitrogens with zero attached hydrogens (tertiary/aromatic N) is 4. The molecule has 7 nitrogen and oxygen atoms in total. The van der Waals surface area contributed by atoms with Crippen molar-refractivity contribution in [2.24, 2.45) is 10.9 Å². The average Bonchev–Trinajstić information content (AvgIpc) is 3.07. The van der Waals surface area contributed by atoms with E-state index in [0.717, 1.165) is 69.8 Å². The molecular weight excluding hydrogens is 328 g/mol. The molecule has 0 amide bonds. The number of aryl methyl sites for hydroxylation is 1. The lowest BCUT2D eigenvalue weighted by Crippen LogP contribution is -2.43. The minimum Gasteiger partial charge on any atom is -0.382 e. The van der Waals surface area contributed by atoms with Crippen LogP contribution in [-0.4, -0.2) is 53.1 Å². The molecule has 0 radical (unpaired) electrons. The van der Waals surface area contributed by atoms with Crippen molar-refractivity contribution in [1.29, 1.82) is 0 Å². The number of rotatable bonds is 13. The van der Waals surface area contributed by atoms with Gasteiger partial charge in [-0.05, 0) is 39.0 Å². The third-order valence-electron chi connectivity index (χ3n) is 4.14. The second-order valence-corrected chi connectivity index (χ2v) is 7.02. The topological polar surface area (TPSA) is 76.4 Å². The first-order chi connectivity index (χ1) is 12.6. The van der Waals surface area contributed by atoms with Crippen molar-refractivity contribution in [2.45, 2.75) is 72.9 Å². The summed E-state index contributed by atoms with van der Waals surface area (Å²) in [6.45, 7) is 14.8. The zero-order chi connectivity index (χ0) is 19.2. The Labute approximate surface area is 159 Å². The van der Waals surface area contributed by atoms with Gasteiger partial charge in [0.25, 0.3) is 0 Å². The quantitative estimate of drug-likeness (QED) is 0.319. The average molecular weight is 367 g/mol. The summed E-state index contributed by atoms with van der Waals surface area (Å²) >= 11 is 0. The van der Waals surface area contributed by atoms with Gasteiger partial charge in [0.05, 0.1) is 0 Å². The van der Waals surface area contributed by atoms with E-state index in [1.54, 1.807) is 6.33 Å². The molecule has 26 heavy (non-hydrogen) atoms. The summed E-state index contributed by atoms with van der Waals surface area (Å²) in [5.41, 5.74) is 0. The molecule has 1 aromatic rings. The molecule has 1 atom stereocenters. The summed E-state index contributed by atoms with van der Waals surface area (Å²) in [5, 5.41) is 15.1. The van der Waals surface area contributed by atoms with Crippen LogP contribution >= 0.6 is 0 Å². The zero-order valence-corrected chi connectivity index (χ0v) is 17.3. The van der Waals surface area contributed by atoms with Crippen molar-refractivity contribution in [3.8, 4) is 0 Å². The maximum atomic E-state index is 5.39. The Hall–Kier alpha value is -1.63. The molecule has 0 saturated heterocycles. The van der Waals surface area contributed by atoms with Crippen LogP contribution in [0.25, 0.3) is 0 Å². The Kier molecular flexibility index (Phi) is 11.7. The van der Waals surface area contributed by atoms with Gasteiger partial charge in [0, 0.05) is 45.3 Å². The van der Waals surface area contributed by atoms with E-state index >= 15 is 0 Å². The van der Waals surface area contributed by atoms with Crippen molar-refractivity contribution < 1.29 is 4.74 Å². The second-order valence-electron chi connectivity index (χ2n) is 7.02. The van der Waals surface area contributed by atoms with E-state index < -0.39 is 0 Å². The summed E-state index contributed by atoms with van der Waals surface area (Å²) in [6.07, 6.45) is 5.97. The van der Waals surface area contributed by atoms with E-state index in [4.69, 9.17) is 9.73 Å². The monoisotopic (exact) mass is 366 g/mol. The van der Waals surface area contributed by atoms with Gasteiger partial charge in [-0.1, -0.05) is 20.8 Å². The summed E-state index contributed by atoms with van der Waals surface area (Å²) in [4.78, 5) is 4.70. The highest BCUT2D eigenvalue weighted by Crippen LogP contribution is 2.06. The van der Waals surface area contributed by atoms with E-state index in [1.807, 2.05) is 6.92 Å². The number of aromatic nitrogens is 3. The number of hydrogen-bond donors (Lipinski definition) is 2. The largest absolute Gasteiger partial charge is 0.382 e. The van der Waals surface area contributed by atoms with E-state index in [0.29, 0.717) is 6.04 Å². The van der Waals surface area contributed by atoms with Crippen LogP contribution in [0.15, 0.2) is 11.3 Å². The van der Waals surface area contributed by atoms with E-state index in [-0.39, 0.29) is 0 Å². The van der Waals surface area contributed by atoms with Gasteiger partial charge in [0.15, 0.2) is 5.96 Å². The van der Waals surface area contributed by atoms with Gasteiger partial charge in [-0.2, -0.15) is 0 Å². The number of aliphatic imine (C=N–C) groups is 1. The Morgan fingerprint density at radius 2 is 2.08 bits per heavy atom. The predicted molar refractivity (Wildman–Crippen MR) is 107 cm³/mol. The minimum atomic E-state index is 0.400. The van der Waals surface area contributed by atoms with E-state index in [9.17, 15) is 0 Å². The van der Waals surface area contributed by atoms with E-state index in [1.165, 1.54) is 6.42 Å². The van der Waals surface area contributed by atoms with Gasteiger partial charge in [-0.25, -0.2) is 0 Å². The third kappa shape index (κ3) is 9.75. The molecule has 150 valence electrons. The molecule has 1 aromatic heterocycles. The molecule has 2 N–H and O–H groups in total. The molecule has 0 aliphatic carbocycles. The first-order valence-corrected chi connectivity index (χ1v) is 10.1. The molecule has 7 heteroatoms. The van der Waals surface area contributed by atoms with Gasteiger partial charge in [0.2, 0.25) is 0 Å². The molecule has 0 spiro atoms. The molecule has 0 fully saturated rings. The lowest BCUT2D eigenvalue weighted by atomic mass is 10.0. The van der Waals surface area contributed by atoms with Gasteiger partial charge < -0.3 is 19.9 Å². The predicted octanol–water partition coefficient (Wildman–Crippen LogP) is 2.63. The van der Waals surface area contributed by atoms with Gasteiger partial charge in [-0.3, -0.25) is 4.99 Å². The SMILES string of the molecule is CCOCCCN=C(NCCn1cnnc1CC)NC(C)CCC(C)C. The van der Waals surface area contributed by atoms with Crippen molar-refractivity contribution >= 4 is 5.96 Å². The van der Waals surface area contributed by atoms with Crippen LogP contribution in [0.2, 0.25) is 0 Å². The molecule has 0 aliphatic rings. The molecule has 0 bridgehead atoms. The normalized spacial score (nSPS) is 13.2. The van der Waals surface area contributed by atoms with Gasteiger partial charge >= 0.3 is 0 Å². The fraction of sp³-hybridized carbons (Fsp3) is 0.842. The highest BCUT2D eigenvalue weighted by molar-refractivity contribution is 5.80. The summed E-state index contributed by atoms with van der Waals surface area (Å²) < 4.78 is 7.47. The molecule has 0 aromatic carbocycles. The number of ether oxygens (including phenoxy) is 1. The lowest BCUT2D eigenvalue weighted by Gasteiger charge is -2.19. The van der Waals surface area contributed by atoms with E-state index in [2.05, 4.69) is 53.1 Å². The van der Waals surface area contributed by atoms with Crippen LogP contribution in [0.1, 0.15) is 59.7 Å². The number of guanidine groups is 1. The summed E-state index contributed by atoms with van der Waals surface area (Å²) in [6, 6.07) is 0.400. The Balaban J connectivity index is 2.48. The Morgan fingerprint density at radius 1 is 1.27 bits per heavy atom. The maximum Gasteiger partial charge on any atom is 0.191 e. The minimum absolute atomic E-state index is 0.400. The first-order valence-electron chi connectivity index (χ1n) is 10.1. The van der Waals surface area contributed by atoms with Crippen LogP contribution in [0.3, 0.4) is 0 Å². The molecule has 0 saturated carbocycles. The van der Waals surface area contributed by atoms with Crippen LogP contribution < -0.4 is 10.6 Å².